The first-order valence-corrected chi connectivity index (χ1v) is 7.00. The van der Waals surface area contributed by atoms with Gasteiger partial charge < -0.3 is 5.32 Å². The first-order valence-electron chi connectivity index (χ1n) is 6.21. The van der Waals surface area contributed by atoms with Crippen molar-refractivity contribution in [3.63, 3.8) is 0 Å². The Morgan fingerprint density at radius 2 is 1.86 bits per heavy atom. The SMILES string of the molecule is Cc1cc(NC(=O)c2cccc(Br)c2)c([N+](=O)[O-])cc1C. The fourth-order valence-corrected chi connectivity index (χ4v) is 2.28. The van der Waals surface area contributed by atoms with Crippen molar-refractivity contribution >= 4 is 33.2 Å². The molecule has 0 spiro atoms. The summed E-state index contributed by atoms with van der Waals surface area (Å²) in [6, 6.07) is 9.91. The summed E-state index contributed by atoms with van der Waals surface area (Å²) < 4.78 is 0.768. The van der Waals surface area contributed by atoms with E-state index in [0.717, 1.165) is 15.6 Å². The lowest BCUT2D eigenvalue weighted by atomic mass is 10.1. The fourth-order valence-electron chi connectivity index (χ4n) is 1.88. The van der Waals surface area contributed by atoms with Gasteiger partial charge in [-0.2, -0.15) is 0 Å². The van der Waals surface area contributed by atoms with E-state index >= 15 is 0 Å². The van der Waals surface area contributed by atoms with E-state index < -0.39 is 4.92 Å². The Kier molecular flexibility index (Phi) is 4.37. The molecule has 0 aliphatic carbocycles. The van der Waals surface area contributed by atoms with Crippen LogP contribution in [0.3, 0.4) is 0 Å². The van der Waals surface area contributed by atoms with Gasteiger partial charge in [0.25, 0.3) is 11.6 Å². The molecule has 6 heteroatoms. The first-order chi connectivity index (χ1) is 9.88. The van der Waals surface area contributed by atoms with Gasteiger partial charge in [-0.3, -0.25) is 14.9 Å². The van der Waals surface area contributed by atoms with Gasteiger partial charge in [-0.1, -0.05) is 22.0 Å². The Balaban J connectivity index is 2.37. The molecule has 1 N–H and O–H groups in total. The molecule has 0 unspecified atom stereocenters. The topological polar surface area (TPSA) is 72.2 Å². The fraction of sp³-hybridized carbons (Fsp3) is 0.133. The number of carbonyl (C=O) groups excluding carboxylic acids is 1. The van der Waals surface area contributed by atoms with Crippen LogP contribution in [0.2, 0.25) is 0 Å². The van der Waals surface area contributed by atoms with Gasteiger partial charge in [-0.25, -0.2) is 0 Å². The molecular formula is C15H13BrN2O3. The maximum absolute atomic E-state index is 12.2. The van der Waals surface area contributed by atoms with Crippen molar-refractivity contribution in [1.82, 2.24) is 0 Å². The van der Waals surface area contributed by atoms with Crippen LogP contribution in [-0.4, -0.2) is 10.8 Å². The van der Waals surface area contributed by atoms with E-state index in [1.807, 2.05) is 6.92 Å². The van der Waals surface area contributed by atoms with Crippen LogP contribution in [0.25, 0.3) is 0 Å². The number of hydrogen-bond donors (Lipinski definition) is 1. The molecule has 0 aromatic heterocycles. The second-order valence-electron chi connectivity index (χ2n) is 4.68. The van der Waals surface area contributed by atoms with Gasteiger partial charge in [0.1, 0.15) is 5.69 Å². The molecule has 0 atom stereocenters. The van der Waals surface area contributed by atoms with E-state index in [1.165, 1.54) is 6.07 Å². The van der Waals surface area contributed by atoms with Crippen molar-refractivity contribution in [1.29, 1.82) is 0 Å². The third kappa shape index (κ3) is 3.46. The number of halogens is 1. The minimum atomic E-state index is -0.497. The summed E-state index contributed by atoms with van der Waals surface area (Å²) >= 11 is 3.29. The number of amides is 1. The zero-order valence-corrected chi connectivity index (χ0v) is 13.1. The van der Waals surface area contributed by atoms with Crippen molar-refractivity contribution in [2.24, 2.45) is 0 Å². The van der Waals surface area contributed by atoms with Crippen molar-refractivity contribution in [2.45, 2.75) is 13.8 Å². The first kappa shape index (κ1) is 15.2. The molecule has 0 fully saturated rings. The van der Waals surface area contributed by atoms with Crippen LogP contribution in [0.4, 0.5) is 11.4 Å². The third-order valence-electron chi connectivity index (χ3n) is 3.14. The highest BCUT2D eigenvalue weighted by Gasteiger charge is 2.18. The van der Waals surface area contributed by atoms with Crippen molar-refractivity contribution in [2.75, 3.05) is 5.32 Å². The summed E-state index contributed by atoms with van der Waals surface area (Å²) in [5.74, 6) is -0.386. The Hall–Kier alpha value is -2.21. The second-order valence-corrected chi connectivity index (χ2v) is 5.59. The van der Waals surface area contributed by atoms with Crippen LogP contribution in [0.15, 0.2) is 40.9 Å². The second kappa shape index (κ2) is 6.05. The monoisotopic (exact) mass is 348 g/mol. The van der Waals surface area contributed by atoms with Crippen molar-refractivity contribution < 1.29 is 9.72 Å². The molecule has 0 radical (unpaired) electrons. The van der Waals surface area contributed by atoms with Gasteiger partial charge in [0.05, 0.1) is 4.92 Å². The Bertz CT molecular complexity index is 729. The Labute approximate surface area is 130 Å². The maximum Gasteiger partial charge on any atom is 0.293 e. The average molecular weight is 349 g/mol. The summed E-state index contributed by atoms with van der Waals surface area (Å²) in [6.07, 6.45) is 0. The van der Waals surface area contributed by atoms with Gasteiger partial charge in [0.2, 0.25) is 0 Å². The van der Waals surface area contributed by atoms with Crippen LogP contribution >= 0.6 is 15.9 Å². The molecule has 2 aromatic rings. The minimum absolute atomic E-state index is 0.110. The Morgan fingerprint density at radius 1 is 1.19 bits per heavy atom. The number of aryl methyl sites for hydroxylation is 2. The lowest BCUT2D eigenvalue weighted by molar-refractivity contribution is -0.384. The zero-order chi connectivity index (χ0) is 15.6. The van der Waals surface area contributed by atoms with E-state index in [-0.39, 0.29) is 17.3 Å². The highest BCUT2D eigenvalue weighted by Crippen LogP contribution is 2.28. The van der Waals surface area contributed by atoms with Crippen LogP contribution < -0.4 is 5.32 Å². The Morgan fingerprint density at radius 3 is 2.48 bits per heavy atom. The molecule has 5 nitrogen and oxygen atoms in total. The van der Waals surface area contributed by atoms with Gasteiger partial charge in [-0.15, -0.1) is 0 Å². The minimum Gasteiger partial charge on any atom is -0.316 e. The number of carbonyl (C=O) groups is 1. The smallest absolute Gasteiger partial charge is 0.293 e. The number of nitro benzene ring substituents is 1. The summed E-state index contributed by atoms with van der Waals surface area (Å²) in [6.45, 7) is 3.63. The van der Waals surface area contributed by atoms with Crippen LogP contribution in [0, 0.1) is 24.0 Å². The number of benzene rings is 2. The largest absolute Gasteiger partial charge is 0.316 e. The molecule has 2 aromatic carbocycles. The summed E-state index contributed by atoms with van der Waals surface area (Å²) in [5.41, 5.74) is 2.21. The molecule has 0 aliphatic rings. The van der Waals surface area contributed by atoms with Crippen molar-refractivity contribution in [3.8, 4) is 0 Å². The van der Waals surface area contributed by atoms with Crippen molar-refractivity contribution in [3.05, 3.63) is 67.7 Å². The van der Waals surface area contributed by atoms with E-state index in [1.54, 1.807) is 37.3 Å². The standard InChI is InChI=1S/C15H13BrN2O3/c1-9-6-13(14(18(20)21)7-10(9)2)17-15(19)11-4-3-5-12(16)8-11/h3-8H,1-2H3,(H,17,19). The number of nitrogens with one attached hydrogen (secondary N) is 1. The van der Waals surface area contributed by atoms with Gasteiger partial charge in [0, 0.05) is 16.1 Å². The molecule has 0 aliphatic heterocycles. The van der Waals surface area contributed by atoms with Gasteiger partial charge in [-0.05, 0) is 49.2 Å². The normalized spacial score (nSPS) is 10.2. The quantitative estimate of drug-likeness (QED) is 0.666. The highest BCUT2D eigenvalue weighted by atomic mass is 79.9. The summed E-state index contributed by atoms with van der Waals surface area (Å²) in [5, 5.41) is 13.7. The molecular weight excluding hydrogens is 336 g/mol. The lowest BCUT2D eigenvalue weighted by Gasteiger charge is -2.09. The predicted octanol–water partition coefficient (Wildman–Crippen LogP) is 4.23. The van der Waals surface area contributed by atoms with Crippen LogP contribution in [0.1, 0.15) is 21.5 Å². The predicted molar refractivity (Wildman–Crippen MR) is 84.7 cm³/mol. The molecule has 1 amide bonds. The summed E-state index contributed by atoms with van der Waals surface area (Å²) in [4.78, 5) is 22.8. The molecule has 2 rings (SSSR count). The zero-order valence-electron chi connectivity index (χ0n) is 11.5. The van der Waals surface area contributed by atoms with E-state index in [4.69, 9.17) is 0 Å². The van der Waals surface area contributed by atoms with Gasteiger partial charge in [0.15, 0.2) is 0 Å². The van der Waals surface area contributed by atoms with Gasteiger partial charge >= 0.3 is 0 Å². The molecule has 0 heterocycles. The molecule has 21 heavy (non-hydrogen) atoms. The molecule has 0 saturated heterocycles. The van der Waals surface area contributed by atoms with E-state index in [0.29, 0.717) is 5.56 Å². The molecule has 0 bridgehead atoms. The van der Waals surface area contributed by atoms with Crippen LogP contribution in [-0.2, 0) is 0 Å². The number of nitrogens with zero attached hydrogens (tertiary/aromatic N) is 1. The van der Waals surface area contributed by atoms with E-state index in [2.05, 4.69) is 21.2 Å². The maximum atomic E-state index is 12.2. The van der Waals surface area contributed by atoms with Crippen LogP contribution in [0.5, 0.6) is 0 Å². The lowest BCUT2D eigenvalue weighted by Crippen LogP contribution is -2.13. The number of hydrogen-bond acceptors (Lipinski definition) is 3. The van der Waals surface area contributed by atoms with E-state index in [9.17, 15) is 14.9 Å². The molecule has 108 valence electrons. The molecule has 0 saturated carbocycles. The summed E-state index contributed by atoms with van der Waals surface area (Å²) in [7, 11) is 0. The number of anilines is 1. The number of nitro groups is 1. The highest BCUT2D eigenvalue weighted by molar-refractivity contribution is 9.10. The average Bonchev–Trinajstić information content (AvgIpc) is 2.42. The number of rotatable bonds is 3. The third-order valence-corrected chi connectivity index (χ3v) is 3.64.